The lowest BCUT2D eigenvalue weighted by atomic mass is 9.94. The fraction of sp³-hybridized carbons (Fsp3) is 0.111. The predicted octanol–water partition coefficient (Wildman–Crippen LogP) is 2.84. The van der Waals surface area contributed by atoms with Crippen molar-refractivity contribution in [3.63, 3.8) is 0 Å². The smallest absolute Gasteiger partial charge is 0.249 e. The van der Waals surface area contributed by atoms with Gasteiger partial charge in [0.05, 0.1) is 7.11 Å². The minimum atomic E-state index is -0.430. The van der Waals surface area contributed by atoms with Crippen molar-refractivity contribution in [2.45, 2.75) is 6.04 Å². The van der Waals surface area contributed by atoms with Crippen molar-refractivity contribution in [1.29, 1.82) is 0 Å². The maximum Gasteiger partial charge on any atom is 0.249 e. The first-order valence-corrected chi connectivity index (χ1v) is 7.71. The molecule has 1 atom stereocenters. The zero-order chi connectivity index (χ0) is 17.2. The molecule has 0 saturated carbocycles. The number of nitrogens with zero attached hydrogens (tertiary/aromatic N) is 5. The lowest BCUT2D eigenvalue weighted by Gasteiger charge is -2.24. The number of benzene rings is 2. The van der Waals surface area contributed by atoms with Gasteiger partial charge in [-0.25, -0.2) is 9.67 Å². The number of hydrogen-bond acceptors (Lipinski definition) is 6. The summed E-state index contributed by atoms with van der Waals surface area (Å²) >= 11 is 0. The molecule has 2 heterocycles. The van der Waals surface area contributed by atoms with Crippen LogP contribution in [0.3, 0.4) is 0 Å². The molecule has 0 aliphatic carbocycles. The van der Waals surface area contributed by atoms with Crippen LogP contribution < -0.4 is 4.74 Å². The van der Waals surface area contributed by atoms with Gasteiger partial charge < -0.3 is 9.94 Å². The Morgan fingerprint density at radius 2 is 1.84 bits per heavy atom. The number of methoxy groups -OCH3 is 1. The number of hydrogen-bond donors (Lipinski definition) is 1. The first-order chi connectivity index (χ1) is 12.3. The van der Waals surface area contributed by atoms with Gasteiger partial charge in [-0.15, -0.1) is 0 Å². The maximum absolute atomic E-state index is 9.74. The van der Waals surface area contributed by atoms with Crippen LogP contribution >= 0.6 is 0 Å². The Hall–Kier alpha value is -3.48. The van der Waals surface area contributed by atoms with Crippen LogP contribution in [0.4, 0.5) is 5.95 Å². The van der Waals surface area contributed by atoms with Crippen LogP contribution in [0.25, 0.3) is 0 Å². The third-order valence-electron chi connectivity index (χ3n) is 4.10. The lowest BCUT2D eigenvalue weighted by molar-refractivity contribution is 0.316. The van der Waals surface area contributed by atoms with Gasteiger partial charge in [-0.1, -0.05) is 47.6 Å². The minimum Gasteiger partial charge on any atom is -0.497 e. The summed E-state index contributed by atoms with van der Waals surface area (Å²) in [5.41, 5.74) is 2.73. The summed E-state index contributed by atoms with van der Waals surface area (Å²) in [6.45, 7) is 0. The molecule has 4 rings (SSSR count). The molecule has 0 unspecified atom stereocenters. The van der Waals surface area contributed by atoms with Crippen molar-refractivity contribution >= 4 is 17.4 Å². The molecule has 124 valence electrons. The van der Waals surface area contributed by atoms with E-state index in [0.717, 1.165) is 16.9 Å². The van der Waals surface area contributed by atoms with E-state index in [1.54, 1.807) is 11.8 Å². The highest BCUT2D eigenvalue weighted by atomic mass is 16.5. The third-order valence-corrected chi connectivity index (χ3v) is 4.10. The van der Waals surface area contributed by atoms with E-state index in [9.17, 15) is 5.21 Å². The second kappa shape index (κ2) is 6.20. The summed E-state index contributed by atoms with van der Waals surface area (Å²) in [5.74, 6) is 1.21. The minimum absolute atomic E-state index is 0.411. The number of oxime groups is 1. The average Bonchev–Trinajstić information content (AvgIpc) is 3.15. The van der Waals surface area contributed by atoms with Gasteiger partial charge in [0, 0.05) is 5.56 Å². The van der Waals surface area contributed by atoms with Gasteiger partial charge in [0.1, 0.15) is 29.5 Å². The molecular formula is C18H15N5O2. The summed E-state index contributed by atoms with van der Waals surface area (Å²) in [6.07, 6.45) is 1.44. The van der Waals surface area contributed by atoms with E-state index in [1.807, 2.05) is 54.6 Å². The molecule has 0 bridgehead atoms. The molecule has 0 amide bonds. The molecule has 0 radical (unpaired) electrons. The number of rotatable bonds is 3. The maximum atomic E-state index is 9.74. The fourth-order valence-electron chi connectivity index (χ4n) is 2.90. The van der Waals surface area contributed by atoms with Crippen LogP contribution in [0.2, 0.25) is 0 Å². The molecule has 7 nitrogen and oxygen atoms in total. The zero-order valence-electron chi connectivity index (χ0n) is 13.4. The molecule has 7 heteroatoms. The van der Waals surface area contributed by atoms with Gasteiger partial charge in [-0.05, 0) is 17.7 Å². The van der Waals surface area contributed by atoms with Crippen LogP contribution in [0, 0.1) is 0 Å². The lowest BCUT2D eigenvalue weighted by Crippen LogP contribution is -2.32. The van der Waals surface area contributed by atoms with Crippen molar-refractivity contribution in [3.8, 4) is 5.75 Å². The average molecular weight is 333 g/mol. The van der Waals surface area contributed by atoms with Crippen LogP contribution in [0.5, 0.6) is 5.75 Å². The number of aromatic nitrogens is 3. The van der Waals surface area contributed by atoms with Gasteiger partial charge in [-0.2, -0.15) is 10.1 Å². The Kier molecular flexibility index (Phi) is 3.74. The quantitative estimate of drug-likeness (QED) is 0.590. The summed E-state index contributed by atoms with van der Waals surface area (Å²) in [4.78, 5) is 8.74. The van der Waals surface area contributed by atoms with E-state index in [-0.39, 0.29) is 0 Å². The monoisotopic (exact) mass is 333 g/mol. The Balaban J connectivity index is 1.88. The van der Waals surface area contributed by atoms with Crippen LogP contribution in [-0.4, -0.2) is 38.5 Å². The van der Waals surface area contributed by atoms with Crippen LogP contribution in [0.15, 0.2) is 71.1 Å². The Morgan fingerprint density at radius 1 is 1.08 bits per heavy atom. The molecule has 1 N–H and O–H groups in total. The van der Waals surface area contributed by atoms with Crippen molar-refractivity contribution in [1.82, 2.24) is 14.8 Å². The Bertz CT molecular complexity index is 945. The van der Waals surface area contributed by atoms with Gasteiger partial charge in [0.2, 0.25) is 5.95 Å². The van der Waals surface area contributed by atoms with E-state index < -0.39 is 6.04 Å². The molecule has 1 aromatic heterocycles. The Labute approximate surface area is 143 Å². The highest BCUT2D eigenvalue weighted by Gasteiger charge is 2.33. The molecule has 1 aliphatic rings. The third kappa shape index (κ3) is 2.55. The van der Waals surface area contributed by atoms with Crippen molar-refractivity contribution < 1.29 is 9.94 Å². The largest absolute Gasteiger partial charge is 0.497 e. The van der Waals surface area contributed by atoms with Gasteiger partial charge >= 0.3 is 0 Å². The molecule has 2 aromatic carbocycles. The zero-order valence-corrected chi connectivity index (χ0v) is 13.4. The first kappa shape index (κ1) is 15.1. The molecule has 25 heavy (non-hydrogen) atoms. The van der Waals surface area contributed by atoms with E-state index in [1.165, 1.54) is 6.33 Å². The number of ether oxygens (including phenoxy) is 1. The molecule has 0 saturated heterocycles. The molecular weight excluding hydrogens is 318 g/mol. The second-order valence-corrected chi connectivity index (χ2v) is 5.49. The molecule has 0 fully saturated rings. The summed E-state index contributed by atoms with van der Waals surface area (Å²) in [7, 11) is 1.62. The highest BCUT2D eigenvalue weighted by molar-refractivity contribution is 6.50. The molecule has 3 aromatic rings. The van der Waals surface area contributed by atoms with E-state index >= 15 is 0 Å². The van der Waals surface area contributed by atoms with Gasteiger partial charge in [-0.3, -0.25) is 0 Å². The van der Waals surface area contributed by atoms with Crippen molar-refractivity contribution in [2.24, 2.45) is 10.1 Å². The van der Waals surface area contributed by atoms with E-state index in [4.69, 9.17) is 4.74 Å². The molecule has 1 aliphatic heterocycles. The highest BCUT2D eigenvalue weighted by Crippen LogP contribution is 2.31. The normalized spacial score (nSPS) is 17.9. The van der Waals surface area contributed by atoms with E-state index in [2.05, 4.69) is 20.2 Å². The summed E-state index contributed by atoms with van der Waals surface area (Å²) in [5, 5.41) is 17.5. The van der Waals surface area contributed by atoms with Crippen LogP contribution in [0.1, 0.15) is 17.2 Å². The van der Waals surface area contributed by atoms with E-state index in [0.29, 0.717) is 17.4 Å². The predicted molar refractivity (Wildman–Crippen MR) is 93.0 cm³/mol. The topological polar surface area (TPSA) is 84.9 Å². The Morgan fingerprint density at radius 3 is 2.52 bits per heavy atom. The van der Waals surface area contributed by atoms with Gasteiger partial charge in [0.25, 0.3) is 0 Å². The first-order valence-electron chi connectivity index (χ1n) is 7.71. The molecule has 0 spiro atoms. The summed E-state index contributed by atoms with van der Waals surface area (Å²) in [6, 6.07) is 16.7. The van der Waals surface area contributed by atoms with Crippen molar-refractivity contribution in [3.05, 3.63) is 72.1 Å². The second-order valence-electron chi connectivity index (χ2n) is 5.49. The number of fused-ring (bicyclic) bond motifs is 1. The van der Waals surface area contributed by atoms with Crippen molar-refractivity contribution in [2.75, 3.05) is 7.11 Å². The summed E-state index contributed by atoms with van der Waals surface area (Å²) < 4.78 is 6.86. The SMILES string of the molecule is COc1ccc([C@@H]2/C(=N/O)C(c3ccccc3)=Nc3ncnn32)cc1. The van der Waals surface area contributed by atoms with Gasteiger partial charge in [0.15, 0.2) is 0 Å². The standard InChI is InChI=1S/C18H15N5O2/c1-25-14-9-7-13(8-10-14)17-16(22-24)15(12-5-3-2-4-6-12)21-18-19-11-20-23(17)18/h2-11,17,24H,1H3/b22-16+/t17-/m1/s1. The van der Waals surface area contributed by atoms with Crippen LogP contribution in [-0.2, 0) is 0 Å². The fourth-order valence-corrected chi connectivity index (χ4v) is 2.90. The number of aliphatic imine (C=N–C) groups is 1.